The molecule has 0 spiro atoms. The lowest BCUT2D eigenvalue weighted by molar-refractivity contribution is 0.0126. The van der Waals surface area contributed by atoms with Crippen LogP contribution in [0, 0.1) is 0 Å². The number of piperidine rings is 1. The van der Waals surface area contributed by atoms with Crippen LogP contribution in [-0.2, 0) is 10.0 Å². The third kappa shape index (κ3) is 2.77. The molecule has 1 fully saturated rings. The van der Waals surface area contributed by atoms with Crippen molar-refractivity contribution in [2.45, 2.75) is 30.3 Å². The van der Waals surface area contributed by atoms with E-state index in [0.29, 0.717) is 30.4 Å². The monoisotopic (exact) mass is 333 g/mol. The molecule has 0 aliphatic carbocycles. The molecule has 6 heteroatoms. The van der Waals surface area contributed by atoms with Crippen LogP contribution in [0.5, 0.6) is 0 Å². The summed E-state index contributed by atoms with van der Waals surface area (Å²) < 4.78 is 26.9. The average Bonchev–Trinajstić information content (AvgIpc) is 2.28. The first kappa shape index (κ1) is 14.0. The predicted molar refractivity (Wildman–Crippen MR) is 72.8 cm³/mol. The molecule has 0 unspecified atom stereocenters. The molecule has 0 bridgehead atoms. The lowest BCUT2D eigenvalue weighted by atomic mass is 9.95. The second kappa shape index (κ2) is 4.92. The van der Waals surface area contributed by atoms with Crippen LogP contribution in [-0.4, -0.2) is 36.5 Å². The largest absolute Gasteiger partial charge is 0.390 e. The van der Waals surface area contributed by atoms with Crippen LogP contribution in [0.2, 0.25) is 0 Å². The minimum absolute atomic E-state index is 0.284. The van der Waals surface area contributed by atoms with Crippen molar-refractivity contribution >= 4 is 26.0 Å². The van der Waals surface area contributed by atoms with Crippen LogP contribution in [0.25, 0.3) is 0 Å². The number of aliphatic hydroxyl groups is 1. The number of halogens is 1. The highest BCUT2D eigenvalue weighted by atomic mass is 79.9. The van der Waals surface area contributed by atoms with Gasteiger partial charge in [-0.3, -0.25) is 0 Å². The Labute approximate surface area is 116 Å². The second-order valence-electron chi connectivity index (χ2n) is 4.83. The summed E-state index contributed by atoms with van der Waals surface area (Å²) in [6.07, 6.45) is 0.938. The fourth-order valence-electron chi connectivity index (χ4n) is 2.00. The quantitative estimate of drug-likeness (QED) is 0.900. The summed E-state index contributed by atoms with van der Waals surface area (Å²) in [6, 6.07) is 6.79. The number of rotatable bonds is 2. The Kier molecular flexibility index (Phi) is 3.82. The molecular formula is C12H16BrNO3S. The van der Waals surface area contributed by atoms with Crippen molar-refractivity contribution in [3.8, 4) is 0 Å². The summed E-state index contributed by atoms with van der Waals surface area (Å²) in [5.74, 6) is 0. The number of sulfonamides is 1. The van der Waals surface area contributed by atoms with Gasteiger partial charge in [0.15, 0.2) is 0 Å². The molecule has 1 heterocycles. The Morgan fingerprint density at radius 1 is 1.28 bits per heavy atom. The highest BCUT2D eigenvalue weighted by Gasteiger charge is 2.34. The van der Waals surface area contributed by atoms with Gasteiger partial charge in [-0.2, -0.15) is 4.31 Å². The Bertz CT molecular complexity index is 532. The van der Waals surface area contributed by atoms with Crippen molar-refractivity contribution < 1.29 is 13.5 Å². The van der Waals surface area contributed by atoms with Gasteiger partial charge in [0.1, 0.15) is 0 Å². The summed E-state index contributed by atoms with van der Waals surface area (Å²) >= 11 is 3.27. The van der Waals surface area contributed by atoms with Gasteiger partial charge in [0, 0.05) is 17.6 Å². The van der Waals surface area contributed by atoms with Crippen LogP contribution in [0.3, 0.4) is 0 Å². The molecule has 1 saturated heterocycles. The molecule has 0 amide bonds. The smallest absolute Gasteiger partial charge is 0.244 e. The van der Waals surface area contributed by atoms with Gasteiger partial charge < -0.3 is 5.11 Å². The van der Waals surface area contributed by atoms with Crippen LogP contribution in [0.15, 0.2) is 33.6 Å². The third-order valence-corrected chi connectivity index (χ3v) is 6.16. The summed E-state index contributed by atoms with van der Waals surface area (Å²) in [7, 11) is -3.47. The maximum Gasteiger partial charge on any atom is 0.244 e. The van der Waals surface area contributed by atoms with Crippen LogP contribution in [0.1, 0.15) is 19.8 Å². The Morgan fingerprint density at radius 3 is 2.39 bits per heavy atom. The SMILES string of the molecule is CC1(O)CCN(S(=O)(=O)c2ccccc2Br)CC1. The van der Waals surface area contributed by atoms with Crippen molar-refractivity contribution in [1.82, 2.24) is 4.31 Å². The summed E-state index contributed by atoms with van der Waals surface area (Å²) in [5.41, 5.74) is -0.750. The first-order valence-electron chi connectivity index (χ1n) is 5.80. The molecule has 1 aromatic carbocycles. The summed E-state index contributed by atoms with van der Waals surface area (Å²) in [4.78, 5) is 0.284. The third-order valence-electron chi connectivity index (χ3n) is 3.25. The zero-order valence-electron chi connectivity index (χ0n) is 10.1. The van der Waals surface area contributed by atoms with Crippen molar-refractivity contribution in [2.75, 3.05) is 13.1 Å². The van der Waals surface area contributed by atoms with Gasteiger partial charge in [-0.1, -0.05) is 12.1 Å². The van der Waals surface area contributed by atoms with Crippen LogP contribution < -0.4 is 0 Å². The van der Waals surface area contributed by atoms with Crippen molar-refractivity contribution in [3.63, 3.8) is 0 Å². The van der Waals surface area contributed by atoms with Gasteiger partial charge in [-0.05, 0) is 47.8 Å². The molecule has 0 saturated carbocycles. The molecular weight excluding hydrogens is 318 g/mol. The van der Waals surface area contributed by atoms with Crippen molar-refractivity contribution in [3.05, 3.63) is 28.7 Å². The number of nitrogens with zero attached hydrogens (tertiary/aromatic N) is 1. The standard InChI is InChI=1S/C12H16BrNO3S/c1-12(15)6-8-14(9-7-12)18(16,17)11-5-3-2-4-10(11)13/h2-5,15H,6-9H2,1H3. The normalized spacial score (nSPS) is 20.8. The molecule has 100 valence electrons. The van der Waals surface area contributed by atoms with E-state index in [1.165, 1.54) is 4.31 Å². The van der Waals surface area contributed by atoms with Crippen molar-refractivity contribution in [1.29, 1.82) is 0 Å². The van der Waals surface area contributed by atoms with E-state index in [-0.39, 0.29) is 4.90 Å². The minimum atomic E-state index is -3.47. The molecule has 0 radical (unpaired) electrons. The van der Waals surface area contributed by atoms with Crippen LogP contribution in [0.4, 0.5) is 0 Å². The lowest BCUT2D eigenvalue weighted by Crippen LogP contribution is -2.45. The molecule has 4 nitrogen and oxygen atoms in total. The zero-order chi connectivity index (χ0) is 13.4. The molecule has 0 atom stereocenters. The van der Waals surface area contributed by atoms with E-state index < -0.39 is 15.6 Å². The first-order valence-corrected chi connectivity index (χ1v) is 8.03. The number of hydrogen-bond donors (Lipinski definition) is 1. The van der Waals surface area contributed by atoms with E-state index in [1.54, 1.807) is 31.2 Å². The van der Waals surface area contributed by atoms with Crippen LogP contribution >= 0.6 is 15.9 Å². The molecule has 1 aliphatic rings. The molecule has 1 aromatic rings. The zero-order valence-corrected chi connectivity index (χ0v) is 12.5. The minimum Gasteiger partial charge on any atom is -0.390 e. The topological polar surface area (TPSA) is 57.6 Å². The van der Waals surface area contributed by atoms with E-state index in [0.717, 1.165) is 0 Å². The van der Waals surface area contributed by atoms with Gasteiger partial charge >= 0.3 is 0 Å². The van der Waals surface area contributed by atoms with Crippen molar-refractivity contribution in [2.24, 2.45) is 0 Å². The highest BCUT2D eigenvalue weighted by molar-refractivity contribution is 9.10. The molecule has 2 rings (SSSR count). The maximum atomic E-state index is 12.4. The molecule has 1 N–H and O–H groups in total. The van der Waals surface area contributed by atoms with E-state index >= 15 is 0 Å². The van der Waals surface area contributed by atoms with Gasteiger partial charge in [0.25, 0.3) is 0 Å². The maximum absolute atomic E-state index is 12.4. The average molecular weight is 334 g/mol. The van der Waals surface area contributed by atoms with Gasteiger partial charge in [-0.15, -0.1) is 0 Å². The summed E-state index contributed by atoms with van der Waals surface area (Å²) in [5, 5.41) is 9.85. The lowest BCUT2D eigenvalue weighted by Gasteiger charge is -2.35. The van der Waals surface area contributed by atoms with Gasteiger partial charge in [0.2, 0.25) is 10.0 Å². The fourth-order valence-corrected chi connectivity index (χ4v) is 4.41. The van der Waals surface area contributed by atoms with Gasteiger partial charge in [-0.25, -0.2) is 8.42 Å². The molecule has 1 aliphatic heterocycles. The second-order valence-corrected chi connectivity index (χ2v) is 7.59. The Hall–Kier alpha value is -0.430. The summed E-state index contributed by atoms with van der Waals surface area (Å²) in [6.45, 7) is 2.46. The van der Waals surface area contributed by atoms with E-state index in [9.17, 15) is 13.5 Å². The first-order chi connectivity index (χ1) is 8.33. The van der Waals surface area contributed by atoms with E-state index in [1.807, 2.05) is 0 Å². The Morgan fingerprint density at radius 2 is 1.83 bits per heavy atom. The predicted octanol–water partition coefficient (Wildman–Crippen LogP) is 1.98. The van der Waals surface area contributed by atoms with E-state index in [4.69, 9.17) is 0 Å². The van der Waals surface area contributed by atoms with E-state index in [2.05, 4.69) is 15.9 Å². The highest BCUT2D eigenvalue weighted by Crippen LogP contribution is 2.29. The number of benzene rings is 1. The number of hydrogen-bond acceptors (Lipinski definition) is 3. The van der Waals surface area contributed by atoms with Gasteiger partial charge in [0.05, 0.1) is 10.5 Å². The fraction of sp³-hybridized carbons (Fsp3) is 0.500. The molecule has 0 aromatic heterocycles. The Balaban J connectivity index is 2.26. The molecule has 18 heavy (non-hydrogen) atoms.